The Morgan fingerprint density at radius 1 is 1.56 bits per heavy atom. The summed E-state index contributed by atoms with van der Waals surface area (Å²) < 4.78 is 0.952. The molecule has 1 aliphatic heterocycles. The second kappa shape index (κ2) is 6.33. The van der Waals surface area contributed by atoms with E-state index >= 15 is 0 Å². The largest absolute Gasteiger partial charge is 0.284 e. The number of Topliss-reactive ketones (excluding diaryl/α,β-unsaturated/α-hetero) is 1. The zero-order valence-corrected chi connectivity index (χ0v) is 12.0. The van der Waals surface area contributed by atoms with Crippen LogP contribution in [0, 0.1) is 11.8 Å². The van der Waals surface area contributed by atoms with Crippen molar-refractivity contribution in [3.05, 3.63) is 34.9 Å². The summed E-state index contributed by atoms with van der Waals surface area (Å²) in [5, 5.41) is 0.403. The van der Waals surface area contributed by atoms with E-state index in [1.165, 1.54) is 11.8 Å². The van der Waals surface area contributed by atoms with Crippen molar-refractivity contribution in [1.29, 1.82) is 0 Å². The lowest BCUT2D eigenvalue weighted by Gasteiger charge is -2.00. The van der Waals surface area contributed by atoms with Gasteiger partial charge in [-0.2, -0.15) is 0 Å². The Bertz CT molecular complexity index is 560. The molecule has 0 saturated carbocycles. The molecule has 2 nitrogen and oxygen atoms in total. The molecule has 0 saturated heterocycles. The summed E-state index contributed by atoms with van der Waals surface area (Å²) in [4.78, 5) is 16.1. The van der Waals surface area contributed by atoms with E-state index in [4.69, 9.17) is 11.6 Å². The van der Waals surface area contributed by atoms with Gasteiger partial charge < -0.3 is 0 Å². The summed E-state index contributed by atoms with van der Waals surface area (Å²) in [6, 6.07) is 7.24. The number of benzene rings is 1. The van der Waals surface area contributed by atoms with Crippen LogP contribution in [0.5, 0.6) is 0 Å². The van der Waals surface area contributed by atoms with Gasteiger partial charge in [-0.05, 0) is 24.3 Å². The van der Waals surface area contributed by atoms with Gasteiger partial charge in [0.25, 0.3) is 0 Å². The maximum atomic E-state index is 11.9. The molecule has 5 heteroatoms. The smallest absolute Gasteiger partial charge is 0.221 e. The van der Waals surface area contributed by atoms with Crippen molar-refractivity contribution in [3.63, 3.8) is 0 Å². The summed E-state index contributed by atoms with van der Waals surface area (Å²) in [7, 11) is 0. The van der Waals surface area contributed by atoms with Gasteiger partial charge in [0.15, 0.2) is 0 Å². The molecule has 0 aromatic heterocycles. The fourth-order valence-corrected chi connectivity index (χ4v) is 3.20. The molecule has 2 rings (SSSR count). The quantitative estimate of drug-likeness (QED) is 0.746. The van der Waals surface area contributed by atoms with Crippen molar-refractivity contribution in [2.24, 2.45) is 4.99 Å². The average molecular weight is 296 g/mol. The van der Waals surface area contributed by atoms with Crippen molar-refractivity contribution >= 4 is 45.3 Å². The third-order valence-electron chi connectivity index (χ3n) is 2.29. The predicted molar refractivity (Wildman–Crippen MR) is 80.5 cm³/mol. The molecule has 0 amide bonds. The van der Waals surface area contributed by atoms with Gasteiger partial charge in [0.1, 0.15) is 9.63 Å². The van der Waals surface area contributed by atoms with E-state index in [1.807, 2.05) is 18.4 Å². The Kier molecular flexibility index (Phi) is 4.76. The van der Waals surface area contributed by atoms with Crippen LogP contribution in [-0.2, 0) is 4.79 Å². The van der Waals surface area contributed by atoms with Crippen LogP contribution in [0.2, 0.25) is 5.02 Å². The van der Waals surface area contributed by atoms with E-state index in [-0.39, 0.29) is 11.0 Å². The monoisotopic (exact) mass is 295 g/mol. The number of aliphatic imine (C=N–C) groups is 1. The summed E-state index contributed by atoms with van der Waals surface area (Å²) in [5.41, 5.74) is 0.682. The molecule has 1 atom stereocenters. The second-order valence-corrected chi connectivity index (χ2v) is 6.16. The highest BCUT2D eigenvalue weighted by Gasteiger charge is 2.24. The van der Waals surface area contributed by atoms with Gasteiger partial charge in [0.05, 0.1) is 11.6 Å². The number of thioether (sulfide) groups is 2. The molecule has 18 heavy (non-hydrogen) atoms. The van der Waals surface area contributed by atoms with Gasteiger partial charge in [0.2, 0.25) is 5.78 Å². The standard InChI is InChI=1S/C13H10ClNOS2/c1-17-13-15-8-12(18-13)11(16)7-6-9-4-2-3-5-10(9)14/h2-5,12H,8H2,1H3. The Morgan fingerprint density at radius 3 is 3.00 bits per heavy atom. The van der Waals surface area contributed by atoms with Crippen LogP contribution in [0.25, 0.3) is 0 Å². The molecule has 92 valence electrons. The Hall–Kier alpha value is -0.890. The number of hydrogen-bond acceptors (Lipinski definition) is 4. The highest BCUT2D eigenvalue weighted by atomic mass is 35.5. The minimum absolute atomic E-state index is 0.0901. The SMILES string of the molecule is CSC1=NCC(C(=O)C#Cc2ccccc2Cl)S1. The van der Waals surface area contributed by atoms with Crippen molar-refractivity contribution in [3.8, 4) is 11.8 Å². The minimum atomic E-state index is -0.164. The Labute approximate surface area is 120 Å². The van der Waals surface area contributed by atoms with Crippen molar-refractivity contribution in [2.45, 2.75) is 5.25 Å². The van der Waals surface area contributed by atoms with Crippen LogP contribution in [-0.4, -0.2) is 28.2 Å². The third-order valence-corrected chi connectivity index (χ3v) is 4.87. The van der Waals surface area contributed by atoms with E-state index in [0.29, 0.717) is 17.1 Å². The first-order chi connectivity index (χ1) is 8.70. The molecule has 1 aliphatic rings. The summed E-state index contributed by atoms with van der Waals surface area (Å²) in [5.74, 6) is 5.38. The maximum Gasteiger partial charge on any atom is 0.221 e. The van der Waals surface area contributed by atoms with E-state index in [2.05, 4.69) is 16.8 Å². The maximum absolute atomic E-state index is 11.9. The van der Waals surface area contributed by atoms with E-state index in [9.17, 15) is 4.79 Å². The molecule has 0 radical (unpaired) electrons. The lowest BCUT2D eigenvalue weighted by atomic mass is 10.2. The topological polar surface area (TPSA) is 29.4 Å². The lowest BCUT2D eigenvalue weighted by molar-refractivity contribution is -0.113. The fraction of sp³-hybridized carbons (Fsp3) is 0.231. The number of carbonyl (C=O) groups excluding carboxylic acids is 1. The predicted octanol–water partition coefficient (Wildman–Crippen LogP) is 3.10. The molecular weight excluding hydrogens is 286 g/mol. The first-order valence-electron chi connectivity index (χ1n) is 5.26. The van der Waals surface area contributed by atoms with Crippen molar-refractivity contribution in [2.75, 3.05) is 12.8 Å². The zero-order valence-electron chi connectivity index (χ0n) is 9.64. The average Bonchev–Trinajstić information content (AvgIpc) is 2.86. The molecule has 0 aliphatic carbocycles. The fourth-order valence-electron chi connectivity index (χ4n) is 1.37. The second-order valence-electron chi connectivity index (χ2n) is 3.51. The number of rotatable bonds is 1. The normalized spacial score (nSPS) is 17.9. The molecule has 1 unspecified atom stereocenters. The molecule has 0 spiro atoms. The number of hydrogen-bond donors (Lipinski definition) is 0. The van der Waals surface area contributed by atoms with Crippen LogP contribution in [0.1, 0.15) is 5.56 Å². The number of carbonyl (C=O) groups is 1. The van der Waals surface area contributed by atoms with Crippen molar-refractivity contribution in [1.82, 2.24) is 0 Å². The summed E-state index contributed by atoms with van der Waals surface area (Å²) in [6.07, 6.45) is 1.95. The number of halogens is 1. The van der Waals surface area contributed by atoms with Gasteiger partial charge in [-0.3, -0.25) is 9.79 Å². The van der Waals surface area contributed by atoms with Crippen molar-refractivity contribution < 1.29 is 4.79 Å². The number of nitrogens with zero attached hydrogens (tertiary/aromatic N) is 1. The van der Waals surface area contributed by atoms with Gasteiger partial charge in [0, 0.05) is 5.56 Å². The highest BCUT2D eigenvalue weighted by Crippen LogP contribution is 2.27. The molecular formula is C13H10ClNOS2. The minimum Gasteiger partial charge on any atom is -0.284 e. The van der Waals surface area contributed by atoms with Crippen LogP contribution >= 0.6 is 35.1 Å². The van der Waals surface area contributed by atoms with Crippen LogP contribution < -0.4 is 0 Å². The van der Waals surface area contributed by atoms with E-state index in [1.54, 1.807) is 23.9 Å². The first kappa shape index (κ1) is 13.5. The highest BCUT2D eigenvalue weighted by molar-refractivity contribution is 8.39. The molecule has 0 N–H and O–H groups in total. The molecule has 1 aromatic carbocycles. The first-order valence-corrected chi connectivity index (χ1v) is 7.74. The summed E-state index contributed by atoms with van der Waals surface area (Å²) in [6.45, 7) is 0.525. The molecule has 1 aromatic rings. The molecule has 0 fully saturated rings. The molecule has 1 heterocycles. The zero-order chi connectivity index (χ0) is 13.0. The van der Waals surface area contributed by atoms with E-state index < -0.39 is 0 Å². The molecule has 0 bridgehead atoms. The van der Waals surface area contributed by atoms with E-state index in [0.717, 1.165) is 4.38 Å². The van der Waals surface area contributed by atoms with Gasteiger partial charge in [-0.1, -0.05) is 41.4 Å². The van der Waals surface area contributed by atoms with Crippen LogP contribution in [0.15, 0.2) is 29.3 Å². The van der Waals surface area contributed by atoms with Crippen LogP contribution in [0.3, 0.4) is 0 Å². The third kappa shape index (κ3) is 3.32. The van der Waals surface area contributed by atoms with Gasteiger partial charge >= 0.3 is 0 Å². The van der Waals surface area contributed by atoms with Crippen LogP contribution in [0.4, 0.5) is 0 Å². The lowest BCUT2D eigenvalue weighted by Crippen LogP contribution is -2.15. The number of ketones is 1. The van der Waals surface area contributed by atoms with Gasteiger partial charge in [-0.25, -0.2) is 0 Å². The Balaban J connectivity index is 2.04. The summed E-state index contributed by atoms with van der Waals surface area (Å²) >= 11 is 9.02. The van der Waals surface area contributed by atoms with Gasteiger partial charge in [-0.15, -0.1) is 11.8 Å². The Morgan fingerprint density at radius 2 is 2.33 bits per heavy atom.